The highest BCUT2D eigenvalue weighted by molar-refractivity contribution is 7.08. The van der Waals surface area contributed by atoms with Crippen molar-refractivity contribution in [2.24, 2.45) is 0 Å². The number of amides is 1. The van der Waals surface area contributed by atoms with Gasteiger partial charge in [0.2, 0.25) is 5.91 Å². The number of carbonyl (C=O) groups excluding carboxylic acids is 1. The number of aliphatic carboxylic acids is 1. The molecule has 18 heavy (non-hydrogen) atoms. The number of thiophene rings is 1. The highest BCUT2D eigenvalue weighted by Crippen LogP contribution is 2.21. The molecule has 2 unspecified atom stereocenters. The van der Waals surface area contributed by atoms with E-state index < -0.39 is 12.1 Å². The van der Waals surface area contributed by atoms with Crippen LogP contribution in [0.25, 0.3) is 0 Å². The Bertz CT molecular complexity index is 431. The van der Waals surface area contributed by atoms with E-state index in [4.69, 9.17) is 9.84 Å². The number of nitrogens with zero attached hydrogens (tertiary/aromatic N) is 1. The zero-order chi connectivity index (χ0) is 13.1. The molecule has 1 saturated heterocycles. The predicted molar refractivity (Wildman–Crippen MR) is 66.7 cm³/mol. The van der Waals surface area contributed by atoms with E-state index in [0.717, 1.165) is 5.56 Å². The lowest BCUT2D eigenvalue weighted by molar-refractivity contribution is -0.159. The maximum atomic E-state index is 12.2. The molecule has 2 rings (SSSR count). The minimum absolute atomic E-state index is 0.0389. The van der Waals surface area contributed by atoms with Crippen LogP contribution in [0, 0.1) is 0 Å². The van der Waals surface area contributed by atoms with Crippen LogP contribution in [-0.2, 0) is 14.3 Å². The minimum Gasteiger partial charge on any atom is -0.479 e. The Morgan fingerprint density at radius 1 is 1.61 bits per heavy atom. The van der Waals surface area contributed by atoms with Crippen LogP contribution >= 0.6 is 11.3 Å². The van der Waals surface area contributed by atoms with Crippen LogP contribution in [-0.4, -0.2) is 47.7 Å². The maximum Gasteiger partial charge on any atom is 0.334 e. The third-order valence-electron chi connectivity index (χ3n) is 3.07. The lowest BCUT2D eigenvalue weighted by Gasteiger charge is -2.32. The van der Waals surface area contributed by atoms with Crippen LogP contribution in [0.15, 0.2) is 16.8 Å². The normalized spacial score (nSPS) is 21.6. The summed E-state index contributed by atoms with van der Waals surface area (Å²) in [6, 6.07) is 1.92. The summed E-state index contributed by atoms with van der Waals surface area (Å²) in [6.45, 7) is 2.70. The molecule has 0 aliphatic carbocycles. The number of rotatable bonds is 3. The maximum absolute atomic E-state index is 12.2. The molecule has 2 heterocycles. The molecule has 2 atom stereocenters. The Balaban J connectivity index is 2.02. The highest BCUT2D eigenvalue weighted by Gasteiger charge is 2.31. The molecule has 1 fully saturated rings. The first-order valence-electron chi connectivity index (χ1n) is 5.75. The van der Waals surface area contributed by atoms with Crippen LogP contribution in [0.2, 0.25) is 0 Å². The zero-order valence-electron chi connectivity index (χ0n) is 10.0. The number of morpholine rings is 1. The smallest absolute Gasteiger partial charge is 0.334 e. The first-order valence-corrected chi connectivity index (χ1v) is 6.69. The summed E-state index contributed by atoms with van der Waals surface area (Å²) in [6.07, 6.45) is -0.905. The molecule has 0 aromatic carbocycles. The summed E-state index contributed by atoms with van der Waals surface area (Å²) in [5.41, 5.74) is 0.975. The lowest BCUT2D eigenvalue weighted by Crippen LogP contribution is -2.49. The molecule has 1 aromatic heterocycles. The van der Waals surface area contributed by atoms with E-state index in [9.17, 15) is 9.59 Å². The van der Waals surface area contributed by atoms with Crippen molar-refractivity contribution in [3.8, 4) is 0 Å². The largest absolute Gasteiger partial charge is 0.479 e. The predicted octanol–water partition coefficient (Wildman–Crippen LogP) is 1.16. The average Bonchev–Trinajstić information content (AvgIpc) is 2.91. The molecule has 0 spiro atoms. The molecule has 1 aliphatic heterocycles. The van der Waals surface area contributed by atoms with Crippen molar-refractivity contribution in [2.75, 3.05) is 19.7 Å². The molecule has 0 bridgehead atoms. The fourth-order valence-electron chi connectivity index (χ4n) is 1.94. The van der Waals surface area contributed by atoms with Gasteiger partial charge in [-0.05, 0) is 29.3 Å². The van der Waals surface area contributed by atoms with Crippen molar-refractivity contribution in [1.82, 2.24) is 4.90 Å². The second-order valence-corrected chi connectivity index (χ2v) is 5.04. The summed E-state index contributed by atoms with van der Waals surface area (Å²) in [7, 11) is 0. The third-order valence-corrected chi connectivity index (χ3v) is 3.77. The van der Waals surface area contributed by atoms with E-state index in [1.54, 1.807) is 16.2 Å². The van der Waals surface area contributed by atoms with Crippen molar-refractivity contribution < 1.29 is 19.4 Å². The van der Waals surface area contributed by atoms with Crippen LogP contribution in [0.5, 0.6) is 0 Å². The van der Waals surface area contributed by atoms with E-state index >= 15 is 0 Å². The lowest BCUT2D eigenvalue weighted by atomic mass is 10.0. The third kappa shape index (κ3) is 2.70. The summed E-state index contributed by atoms with van der Waals surface area (Å²) >= 11 is 1.55. The highest BCUT2D eigenvalue weighted by atomic mass is 32.1. The molecular weight excluding hydrogens is 254 g/mol. The van der Waals surface area contributed by atoms with E-state index in [1.807, 2.05) is 23.8 Å². The topological polar surface area (TPSA) is 66.8 Å². The van der Waals surface area contributed by atoms with Crippen LogP contribution in [0.4, 0.5) is 0 Å². The fourth-order valence-corrected chi connectivity index (χ4v) is 2.69. The van der Waals surface area contributed by atoms with Gasteiger partial charge >= 0.3 is 5.97 Å². The van der Waals surface area contributed by atoms with Gasteiger partial charge < -0.3 is 14.7 Å². The van der Waals surface area contributed by atoms with Crippen molar-refractivity contribution in [2.45, 2.75) is 18.9 Å². The molecule has 98 valence electrons. The quantitative estimate of drug-likeness (QED) is 0.894. The monoisotopic (exact) mass is 269 g/mol. The van der Waals surface area contributed by atoms with Gasteiger partial charge in [-0.3, -0.25) is 4.79 Å². The van der Waals surface area contributed by atoms with Gasteiger partial charge in [-0.1, -0.05) is 0 Å². The van der Waals surface area contributed by atoms with Crippen molar-refractivity contribution in [1.29, 1.82) is 0 Å². The molecule has 0 saturated carbocycles. The van der Waals surface area contributed by atoms with Gasteiger partial charge in [-0.2, -0.15) is 11.3 Å². The first-order chi connectivity index (χ1) is 8.59. The number of carbonyl (C=O) groups is 2. The number of ether oxygens (including phenoxy) is 1. The number of hydrogen-bond donors (Lipinski definition) is 1. The average molecular weight is 269 g/mol. The molecule has 1 aromatic rings. The van der Waals surface area contributed by atoms with Gasteiger partial charge in [0, 0.05) is 6.54 Å². The van der Waals surface area contributed by atoms with E-state index in [1.165, 1.54) is 0 Å². The Morgan fingerprint density at radius 3 is 3.00 bits per heavy atom. The van der Waals surface area contributed by atoms with Gasteiger partial charge in [-0.15, -0.1) is 0 Å². The number of carboxylic acid groups (broad SMARTS) is 1. The van der Waals surface area contributed by atoms with Crippen molar-refractivity contribution in [3.63, 3.8) is 0 Å². The summed E-state index contributed by atoms with van der Waals surface area (Å²) < 4.78 is 5.10. The van der Waals surface area contributed by atoms with E-state index in [-0.39, 0.29) is 25.0 Å². The summed E-state index contributed by atoms with van der Waals surface area (Å²) in [4.78, 5) is 24.7. The molecule has 5 nitrogen and oxygen atoms in total. The van der Waals surface area contributed by atoms with Gasteiger partial charge in [0.1, 0.15) is 0 Å². The molecular formula is C12H15NO4S. The first kappa shape index (κ1) is 13.0. The summed E-state index contributed by atoms with van der Waals surface area (Å²) in [5.74, 6) is -1.29. The second kappa shape index (κ2) is 5.49. The summed E-state index contributed by atoms with van der Waals surface area (Å²) in [5, 5.41) is 12.8. The Kier molecular flexibility index (Phi) is 3.98. The Hall–Kier alpha value is -1.40. The van der Waals surface area contributed by atoms with Gasteiger partial charge in [0.25, 0.3) is 0 Å². The standard InChI is InChI=1S/C12H15NO4S/c1-8(9-2-5-18-7-9)11(14)13-3-4-17-10(6-13)12(15)16/h2,5,7-8,10H,3-4,6H2,1H3,(H,15,16). The van der Waals surface area contributed by atoms with Gasteiger partial charge in [0.05, 0.1) is 19.1 Å². The SMILES string of the molecule is CC(C(=O)N1CCOC(C(=O)O)C1)c1ccsc1. The second-order valence-electron chi connectivity index (χ2n) is 4.26. The van der Waals surface area contributed by atoms with Crippen LogP contribution < -0.4 is 0 Å². The molecule has 0 radical (unpaired) electrons. The van der Waals surface area contributed by atoms with Crippen LogP contribution in [0.3, 0.4) is 0 Å². The Morgan fingerprint density at radius 2 is 2.39 bits per heavy atom. The number of carboxylic acids is 1. The van der Waals surface area contributed by atoms with Crippen molar-refractivity contribution >= 4 is 23.2 Å². The van der Waals surface area contributed by atoms with Crippen molar-refractivity contribution in [3.05, 3.63) is 22.4 Å². The molecule has 6 heteroatoms. The zero-order valence-corrected chi connectivity index (χ0v) is 10.9. The van der Waals surface area contributed by atoms with Crippen LogP contribution in [0.1, 0.15) is 18.4 Å². The Labute approximate surface area is 109 Å². The number of hydrogen-bond acceptors (Lipinski definition) is 4. The van der Waals surface area contributed by atoms with Gasteiger partial charge in [-0.25, -0.2) is 4.79 Å². The molecule has 1 aliphatic rings. The molecule has 1 amide bonds. The molecule has 1 N–H and O–H groups in total. The van der Waals surface area contributed by atoms with E-state index in [2.05, 4.69) is 0 Å². The minimum atomic E-state index is -1.02. The van der Waals surface area contributed by atoms with Gasteiger partial charge in [0.15, 0.2) is 6.10 Å². The fraction of sp³-hybridized carbons (Fsp3) is 0.500. The van der Waals surface area contributed by atoms with E-state index in [0.29, 0.717) is 6.54 Å².